The molecule has 0 aromatic rings. The van der Waals surface area contributed by atoms with Gasteiger partial charge < -0.3 is 4.74 Å². The molecule has 2 aliphatic heterocycles. The van der Waals surface area contributed by atoms with Gasteiger partial charge in [0.1, 0.15) is 6.71 Å². The number of hydrogen-bond acceptors (Lipinski definition) is 2. The molecule has 0 aromatic heterocycles. The lowest BCUT2D eigenvalue weighted by Gasteiger charge is -2.40. The molecular formula is C18H33BO2. The minimum atomic E-state index is -0.307. The predicted octanol–water partition coefficient (Wildman–Crippen LogP) is 5.35. The summed E-state index contributed by atoms with van der Waals surface area (Å²) in [6.07, 6.45) is 13.7. The van der Waals surface area contributed by atoms with Crippen LogP contribution in [-0.4, -0.2) is 19.3 Å². The summed E-state index contributed by atoms with van der Waals surface area (Å²) in [5.41, 5.74) is -0.307. The quantitative estimate of drug-likeness (QED) is 0.359. The van der Waals surface area contributed by atoms with Gasteiger partial charge in [0, 0.05) is 0 Å². The van der Waals surface area contributed by atoms with Crippen molar-refractivity contribution in [1.82, 2.24) is 0 Å². The molecular weight excluding hydrogens is 259 g/mol. The first-order valence-corrected chi connectivity index (χ1v) is 9.22. The van der Waals surface area contributed by atoms with Crippen molar-refractivity contribution in [3.05, 3.63) is 0 Å². The van der Waals surface area contributed by atoms with E-state index in [1.165, 1.54) is 57.7 Å². The van der Waals surface area contributed by atoms with E-state index >= 15 is 0 Å². The largest absolute Gasteiger partial charge is 0.466 e. The lowest BCUT2D eigenvalue weighted by molar-refractivity contribution is -0.153. The molecule has 2 heterocycles. The molecule has 0 spiro atoms. The van der Waals surface area contributed by atoms with E-state index in [4.69, 9.17) is 4.74 Å². The highest BCUT2D eigenvalue weighted by atomic mass is 16.5. The van der Waals surface area contributed by atoms with E-state index in [1.54, 1.807) is 0 Å². The fourth-order valence-corrected chi connectivity index (χ4v) is 4.66. The maximum Gasteiger partial charge on any atom is 0.311 e. The maximum absolute atomic E-state index is 11.9. The van der Waals surface area contributed by atoms with E-state index in [0.29, 0.717) is 6.61 Å². The van der Waals surface area contributed by atoms with Gasteiger partial charge in [-0.1, -0.05) is 69.3 Å². The molecule has 0 aromatic carbocycles. The predicted molar refractivity (Wildman–Crippen MR) is 90.0 cm³/mol. The molecule has 0 N–H and O–H groups in total. The van der Waals surface area contributed by atoms with Crippen LogP contribution in [0.15, 0.2) is 0 Å². The van der Waals surface area contributed by atoms with E-state index in [1.807, 2.05) is 20.8 Å². The SMILES string of the molecule is CCOC(=O)C(C)(C)CCCCB1C2CCCC1CCC2. The Labute approximate surface area is 131 Å². The molecule has 0 amide bonds. The zero-order valence-corrected chi connectivity index (χ0v) is 14.3. The second-order valence-electron chi connectivity index (χ2n) is 7.90. The van der Waals surface area contributed by atoms with Crippen LogP contribution < -0.4 is 0 Å². The van der Waals surface area contributed by atoms with E-state index in [2.05, 4.69) is 0 Å². The van der Waals surface area contributed by atoms with Crippen LogP contribution in [0.2, 0.25) is 18.0 Å². The third-order valence-electron chi connectivity index (χ3n) is 5.93. The van der Waals surface area contributed by atoms with Gasteiger partial charge in [0.2, 0.25) is 0 Å². The van der Waals surface area contributed by atoms with Gasteiger partial charge >= 0.3 is 5.97 Å². The highest BCUT2D eigenvalue weighted by Gasteiger charge is 2.38. The zero-order chi connectivity index (χ0) is 15.3. The molecule has 2 fully saturated rings. The summed E-state index contributed by atoms with van der Waals surface area (Å²) < 4.78 is 5.18. The van der Waals surface area contributed by atoms with Gasteiger partial charge in [-0.2, -0.15) is 0 Å². The highest BCUT2D eigenvalue weighted by Crippen LogP contribution is 2.48. The number of ether oxygens (including phenoxy) is 1. The second-order valence-corrected chi connectivity index (χ2v) is 7.90. The number of unbranched alkanes of at least 4 members (excludes halogenated alkanes) is 1. The number of esters is 1. The third kappa shape index (κ3) is 4.50. The Morgan fingerprint density at radius 3 is 2.19 bits per heavy atom. The Kier molecular flexibility index (Phi) is 6.19. The van der Waals surface area contributed by atoms with Crippen LogP contribution in [0.3, 0.4) is 0 Å². The number of fused-ring (bicyclic) bond motifs is 2. The molecule has 2 saturated heterocycles. The summed E-state index contributed by atoms with van der Waals surface area (Å²) in [6, 6.07) is 0. The summed E-state index contributed by atoms with van der Waals surface area (Å²) in [5, 5.41) is 0. The second kappa shape index (κ2) is 7.69. The van der Waals surface area contributed by atoms with Gasteiger partial charge in [-0.15, -0.1) is 0 Å². The Balaban J connectivity index is 1.70. The standard InChI is InChI=1S/C18H33BO2/c1-4-21-17(20)18(2,3)13-5-6-14-19-15-9-7-10-16(19)12-8-11-15/h15-16H,4-14H2,1-3H3. The van der Waals surface area contributed by atoms with Crippen molar-refractivity contribution in [3.63, 3.8) is 0 Å². The fraction of sp³-hybridized carbons (Fsp3) is 0.944. The lowest BCUT2D eigenvalue weighted by atomic mass is 9.26. The molecule has 2 nitrogen and oxygen atoms in total. The summed E-state index contributed by atoms with van der Waals surface area (Å²) in [7, 11) is 0. The van der Waals surface area contributed by atoms with Crippen molar-refractivity contribution < 1.29 is 9.53 Å². The van der Waals surface area contributed by atoms with Crippen LogP contribution in [-0.2, 0) is 9.53 Å². The topological polar surface area (TPSA) is 26.3 Å². The number of carbonyl (C=O) groups is 1. The van der Waals surface area contributed by atoms with Gasteiger partial charge in [0.05, 0.1) is 12.0 Å². The summed E-state index contributed by atoms with van der Waals surface area (Å²) >= 11 is 0. The smallest absolute Gasteiger partial charge is 0.311 e. The van der Waals surface area contributed by atoms with Gasteiger partial charge in [0.15, 0.2) is 0 Å². The average molecular weight is 292 g/mol. The molecule has 0 radical (unpaired) electrons. The van der Waals surface area contributed by atoms with E-state index < -0.39 is 0 Å². The highest BCUT2D eigenvalue weighted by molar-refractivity contribution is 6.62. The summed E-state index contributed by atoms with van der Waals surface area (Å²) in [5.74, 6) is 2.02. The first kappa shape index (κ1) is 16.9. The normalized spacial score (nSPS) is 25.8. The Bertz CT molecular complexity index is 318. The lowest BCUT2D eigenvalue weighted by Crippen LogP contribution is -2.34. The number of hydrogen-bond donors (Lipinski definition) is 0. The van der Waals surface area contributed by atoms with Crippen LogP contribution in [0, 0.1) is 5.41 Å². The van der Waals surface area contributed by atoms with Crippen molar-refractivity contribution in [1.29, 1.82) is 0 Å². The van der Waals surface area contributed by atoms with Crippen molar-refractivity contribution >= 4 is 12.7 Å². The van der Waals surface area contributed by atoms with Gasteiger partial charge in [-0.25, -0.2) is 0 Å². The minimum absolute atomic E-state index is 0.0282. The molecule has 0 saturated carbocycles. The molecule has 0 atom stereocenters. The monoisotopic (exact) mass is 292 g/mol. The molecule has 0 aliphatic carbocycles. The minimum Gasteiger partial charge on any atom is -0.466 e. The summed E-state index contributed by atoms with van der Waals surface area (Å²) in [4.78, 5) is 11.9. The first-order valence-electron chi connectivity index (χ1n) is 9.22. The van der Waals surface area contributed by atoms with Crippen LogP contribution in [0.1, 0.15) is 78.6 Å². The van der Waals surface area contributed by atoms with Crippen molar-refractivity contribution in [2.24, 2.45) is 5.41 Å². The fourth-order valence-electron chi connectivity index (χ4n) is 4.66. The van der Waals surface area contributed by atoms with Crippen LogP contribution in [0.4, 0.5) is 0 Å². The van der Waals surface area contributed by atoms with Gasteiger partial charge in [0.25, 0.3) is 0 Å². The third-order valence-corrected chi connectivity index (χ3v) is 5.93. The number of rotatable bonds is 7. The Morgan fingerprint density at radius 2 is 1.67 bits per heavy atom. The molecule has 2 rings (SSSR count). The van der Waals surface area contributed by atoms with Crippen molar-refractivity contribution in [2.75, 3.05) is 6.61 Å². The van der Waals surface area contributed by atoms with E-state index in [0.717, 1.165) is 24.8 Å². The van der Waals surface area contributed by atoms with Gasteiger partial charge in [-0.05, 0) is 27.2 Å². The van der Waals surface area contributed by atoms with Crippen LogP contribution >= 0.6 is 0 Å². The van der Waals surface area contributed by atoms with Crippen molar-refractivity contribution in [2.45, 2.75) is 96.5 Å². The molecule has 120 valence electrons. The Morgan fingerprint density at radius 1 is 1.10 bits per heavy atom. The molecule has 2 aliphatic rings. The van der Waals surface area contributed by atoms with Crippen LogP contribution in [0.5, 0.6) is 0 Å². The molecule has 3 heteroatoms. The summed E-state index contributed by atoms with van der Waals surface area (Å²) in [6.45, 7) is 7.43. The first-order chi connectivity index (χ1) is 10.0. The maximum atomic E-state index is 11.9. The van der Waals surface area contributed by atoms with Crippen LogP contribution in [0.25, 0.3) is 0 Å². The molecule has 2 bridgehead atoms. The van der Waals surface area contributed by atoms with Gasteiger partial charge in [-0.3, -0.25) is 4.79 Å². The van der Waals surface area contributed by atoms with Crippen molar-refractivity contribution in [3.8, 4) is 0 Å². The molecule has 21 heavy (non-hydrogen) atoms. The molecule has 0 unspecified atom stereocenters. The Hall–Kier alpha value is -0.465. The average Bonchev–Trinajstić information content (AvgIpc) is 2.43. The zero-order valence-electron chi connectivity index (χ0n) is 14.3. The van der Waals surface area contributed by atoms with E-state index in [-0.39, 0.29) is 11.4 Å². The number of carbonyl (C=O) groups excluding carboxylic acids is 1. The van der Waals surface area contributed by atoms with E-state index in [9.17, 15) is 4.79 Å².